The van der Waals surface area contributed by atoms with Crippen LogP contribution in [-0.4, -0.2) is 42.6 Å². The summed E-state index contributed by atoms with van der Waals surface area (Å²) in [5, 5.41) is 9.51. The Bertz CT molecular complexity index is 223. The number of rotatable bonds is 2. The van der Waals surface area contributed by atoms with E-state index in [4.69, 9.17) is 0 Å². The van der Waals surface area contributed by atoms with Crippen LogP contribution in [0.5, 0.6) is 0 Å². The topological polar surface area (TPSA) is 23.5 Å². The standard InChI is InChI=1S/C8H14BF3NO/c10-9(11,12)5-13-3-6-1-2-8(14)7(6)4-13/h6-8,14H,1-5H2/q-1. The molecule has 2 rings (SSSR count). The van der Waals surface area contributed by atoms with Crippen molar-refractivity contribution in [2.24, 2.45) is 11.8 Å². The molecule has 0 amide bonds. The Balaban J connectivity index is 1.90. The maximum atomic E-state index is 12.1. The Morgan fingerprint density at radius 1 is 1.21 bits per heavy atom. The highest BCUT2D eigenvalue weighted by molar-refractivity contribution is 6.58. The summed E-state index contributed by atoms with van der Waals surface area (Å²) in [6.07, 6.45) is 0.512. The summed E-state index contributed by atoms with van der Waals surface area (Å²) in [6.45, 7) is -3.77. The van der Waals surface area contributed by atoms with Gasteiger partial charge in [-0.3, -0.25) is 0 Å². The Hall–Kier alpha value is -0.225. The molecule has 1 saturated heterocycles. The van der Waals surface area contributed by atoms with Crippen molar-refractivity contribution >= 4 is 6.98 Å². The normalized spacial score (nSPS) is 39.0. The molecule has 14 heavy (non-hydrogen) atoms. The molecule has 0 spiro atoms. The van der Waals surface area contributed by atoms with Crippen molar-refractivity contribution in [3.05, 3.63) is 0 Å². The third-order valence-electron chi connectivity index (χ3n) is 3.36. The van der Waals surface area contributed by atoms with Crippen molar-refractivity contribution in [3.8, 4) is 0 Å². The molecule has 6 heteroatoms. The monoisotopic (exact) mass is 208 g/mol. The molecule has 0 aromatic heterocycles. The van der Waals surface area contributed by atoms with Gasteiger partial charge >= 0.3 is 6.98 Å². The molecule has 1 saturated carbocycles. The van der Waals surface area contributed by atoms with Gasteiger partial charge in [-0.1, -0.05) is 0 Å². The molecule has 0 radical (unpaired) electrons. The third-order valence-corrected chi connectivity index (χ3v) is 3.36. The van der Waals surface area contributed by atoms with E-state index in [1.165, 1.54) is 4.90 Å². The van der Waals surface area contributed by atoms with E-state index in [0.717, 1.165) is 12.8 Å². The van der Waals surface area contributed by atoms with Gasteiger partial charge < -0.3 is 23.0 Å². The quantitative estimate of drug-likeness (QED) is 0.686. The van der Waals surface area contributed by atoms with E-state index >= 15 is 0 Å². The van der Waals surface area contributed by atoms with Gasteiger partial charge in [-0.25, -0.2) is 0 Å². The van der Waals surface area contributed by atoms with Crippen molar-refractivity contribution in [3.63, 3.8) is 0 Å². The molecule has 0 bridgehead atoms. The lowest BCUT2D eigenvalue weighted by molar-refractivity contribution is 0.125. The summed E-state index contributed by atoms with van der Waals surface area (Å²) in [7, 11) is 0. The summed E-state index contributed by atoms with van der Waals surface area (Å²) in [5.74, 6) is 0.385. The molecule has 2 fully saturated rings. The zero-order valence-corrected chi connectivity index (χ0v) is 7.87. The lowest BCUT2D eigenvalue weighted by Gasteiger charge is -2.24. The first-order valence-corrected chi connectivity index (χ1v) is 5.07. The van der Waals surface area contributed by atoms with Crippen LogP contribution in [0.25, 0.3) is 0 Å². The van der Waals surface area contributed by atoms with Crippen LogP contribution >= 0.6 is 0 Å². The molecule has 0 aromatic rings. The summed E-state index contributed by atoms with van der Waals surface area (Å²) in [5.41, 5.74) is 0. The number of aliphatic hydroxyl groups is 1. The van der Waals surface area contributed by atoms with E-state index < -0.39 is 13.4 Å². The Kier molecular flexibility index (Phi) is 2.51. The average Bonchev–Trinajstić information content (AvgIpc) is 2.51. The fraction of sp³-hybridized carbons (Fsp3) is 1.00. The first-order valence-electron chi connectivity index (χ1n) is 5.07. The molecule has 0 aromatic carbocycles. The van der Waals surface area contributed by atoms with Crippen molar-refractivity contribution in [2.75, 3.05) is 19.5 Å². The van der Waals surface area contributed by atoms with E-state index in [9.17, 15) is 18.1 Å². The van der Waals surface area contributed by atoms with Gasteiger partial charge in [0.2, 0.25) is 0 Å². The van der Waals surface area contributed by atoms with Crippen LogP contribution < -0.4 is 0 Å². The fourth-order valence-corrected chi connectivity index (χ4v) is 2.77. The van der Waals surface area contributed by atoms with E-state index in [1.807, 2.05) is 0 Å². The van der Waals surface area contributed by atoms with Gasteiger partial charge in [0.05, 0.1) is 6.10 Å². The SMILES string of the molecule is OC1CCC2CN(C[B-](F)(F)F)CC12. The fourth-order valence-electron chi connectivity index (χ4n) is 2.77. The van der Waals surface area contributed by atoms with Gasteiger partial charge in [-0.05, 0) is 31.7 Å². The molecule has 1 aliphatic carbocycles. The number of hydrogen-bond donors (Lipinski definition) is 1. The number of hydrogen-bond acceptors (Lipinski definition) is 2. The first kappa shape index (κ1) is 10.3. The minimum atomic E-state index is -4.71. The van der Waals surface area contributed by atoms with Gasteiger partial charge in [-0.15, -0.1) is 0 Å². The van der Waals surface area contributed by atoms with Crippen LogP contribution in [0.15, 0.2) is 0 Å². The number of halogens is 3. The highest BCUT2D eigenvalue weighted by atomic mass is 19.4. The summed E-state index contributed by atoms with van der Waals surface area (Å²) < 4.78 is 36.4. The van der Waals surface area contributed by atoms with Crippen LogP contribution in [-0.2, 0) is 0 Å². The highest BCUT2D eigenvalue weighted by Gasteiger charge is 2.43. The second-order valence-electron chi connectivity index (χ2n) is 4.50. The van der Waals surface area contributed by atoms with Crippen molar-refractivity contribution < 1.29 is 18.1 Å². The molecule has 3 atom stereocenters. The summed E-state index contributed by atoms with van der Waals surface area (Å²) >= 11 is 0. The van der Waals surface area contributed by atoms with Crippen LogP contribution in [0.2, 0.25) is 0 Å². The predicted octanol–water partition coefficient (Wildman–Crippen LogP) is 1.08. The molecule has 1 heterocycles. The summed E-state index contributed by atoms with van der Waals surface area (Å²) in [4.78, 5) is 1.44. The molecule has 1 aliphatic heterocycles. The molecular weight excluding hydrogens is 194 g/mol. The van der Waals surface area contributed by atoms with Crippen molar-refractivity contribution in [1.29, 1.82) is 0 Å². The molecule has 3 unspecified atom stereocenters. The van der Waals surface area contributed by atoms with E-state index in [0.29, 0.717) is 19.0 Å². The number of likely N-dealkylation sites (tertiary alicyclic amines) is 1. The van der Waals surface area contributed by atoms with Crippen LogP contribution in [0.1, 0.15) is 12.8 Å². The largest absolute Gasteiger partial charge is 0.492 e. The zero-order valence-electron chi connectivity index (χ0n) is 7.87. The smallest absolute Gasteiger partial charge is 0.448 e. The van der Waals surface area contributed by atoms with Crippen LogP contribution in [0.4, 0.5) is 12.9 Å². The van der Waals surface area contributed by atoms with Crippen LogP contribution in [0.3, 0.4) is 0 Å². The number of aliphatic hydroxyl groups excluding tert-OH is 1. The van der Waals surface area contributed by atoms with Crippen molar-refractivity contribution in [2.45, 2.75) is 18.9 Å². The van der Waals surface area contributed by atoms with Crippen molar-refractivity contribution in [1.82, 2.24) is 4.90 Å². The first-order chi connectivity index (χ1) is 6.46. The van der Waals surface area contributed by atoms with Gasteiger partial charge in [0, 0.05) is 12.5 Å². The minimum absolute atomic E-state index is 0.0909. The third kappa shape index (κ3) is 2.06. The van der Waals surface area contributed by atoms with E-state index in [-0.39, 0.29) is 12.0 Å². The van der Waals surface area contributed by atoms with Crippen LogP contribution in [0, 0.1) is 11.8 Å². The zero-order chi connectivity index (χ0) is 10.3. The minimum Gasteiger partial charge on any atom is -0.448 e. The molecular formula is C8H14BF3NO-. The lowest BCUT2D eigenvalue weighted by Crippen LogP contribution is -2.37. The lowest BCUT2D eigenvalue weighted by atomic mass is 9.91. The van der Waals surface area contributed by atoms with Gasteiger partial charge in [0.25, 0.3) is 0 Å². The Morgan fingerprint density at radius 2 is 1.93 bits per heavy atom. The molecule has 2 nitrogen and oxygen atoms in total. The van der Waals surface area contributed by atoms with E-state index in [1.54, 1.807) is 0 Å². The van der Waals surface area contributed by atoms with Gasteiger partial charge in [-0.2, -0.15) is 0 Å². The summed E-state index contributed by atoms with van der Waals surface area (Å²) in [6, 6.07) is 0. The van der Waals surface area contributed by atoms with E-state index in [2.05, 4.69) is 0 Å². The number of nitrogens with zero attached hydrogens (tertiary/aromatic N) is 1. The molecule has 1 N–H and O–H groups in total. The number of fused-ring (bicyclic) bond motifs is 1. The van der Waals surface area contributed by atoms with Gasteiger partial charge in [0.1, 0.15) is 0 Å². The Morgan fingerprint density at radius 3 is 2.50 bits per heavy atom. The predicted molar refractivity (Wildman–Crippen MR) is 47.7 cm³/mol. The molecule has 82 valence electrons. The molecule has 2 aliphatic rings. The second kappa shape index (κ2) is 3.41. The maximum Gasteiger partial charge on any atom is 0.492 e. The van der Waals surface area contributed by atoms with Gasteiger partial charge in [0.15, 0.2) is 0 Å². The highest BCUT2D eigenvalue weighted by Crippen LogP contribution is 2.38. The second-order valence-corrected chi connectivity index (χ2v) is 4.50. The maximum absolute atomic E-state index is 12.1. The Labute approximate surface area is 81.1 Å². The average molecular weight is 208 g/mol.